The van der Waals surface area contributed by atoms with E-state index in [1.807, 2.05) is 0 Å². The molecule has 36 heavy (non-hydrogen) atoms. The van der Waals surface area contributed by atoms with E-state index >= 15 is 0 Å². The Morgan fingerprint density at radius 1 is 0.500 bits per heavy atom. The first-order chi connectivity index (χ1) is 16.5. The summed E-state index contributed by atoms with van der Waals surface area (Å²) in [7, 11) is -9.82. The van der Waals surface area contributed by atoms with Gasteiger partial charge in [-0.2, -0.15) is 0 Å². The summed E-state index contributed by atoms with van der Waals surface area (Å²) < 4.78 is 64.7. The van der Waals surface area contributed by atoms with Crippen LogP contribution in [0, 0.1) is 0 Å². The molecule has 10 heteroatoms. The summed E-state index contributed by atoms with van der Waals surface area (Å²) in [6, 6.07) is 10.3. The van der Waals surface area contributed by atoms with Crippen molar-refractivity contribution in [1.82, 2.24) is 0 Å². The van der Waals surface area contributed by atoms with Gasteiger partial charge < -0.3 is 9.11 Å². The van der Waals surface area contributed by atoms with Crippen LogP contribution in [-0.2, 0) is 20.2 Å². The quantitative estimate of drug-likeness (QED) is 0.246. The monoisotopic (exact) mass is 578 g/mol. The van der Waals surface area contributed by atoms with Crippen molar-refractivity contribution < 1.29 is 25.9 Å². The Balaban J connectivity index is 0.000000634. The van der Waals surface area contributed by atoms with E-state index in [0.29, 0.717) is 11.1 Å². The lowest BCUT2D eigenvalue weighted by Crippen LogP contribution is -1.98. The highest BCUT2D eigenvalue weighted by molar-refractivity contribution is 7.86. The van der Waals surface area contributed by atoms with E-state index in [1.165, 1.54) is 61.2 Å². The van der Waals surface area contributed by atoms with Gasteiger partial charge in [0.15, 0.2) is 0 Å². The van der Waals surface area contributed by atoms with Crippen LogP contribution in [0.4, 0.5) is 0 Å². The Hall–Kier alpha value is -0.880. The zero-order valence-electron chi connectivity index (χ0n) is 23.0. The number of benzene rings is 2. The van der Waals surface area contributed by atoms with Crippen LogP contribution in [0.3, 0.4) is 0 Å². The first-order valence-corrected chi connectivity index (χ1v) is 20.7. The Morgan fingerprint density at radius 3 is 0.806 bits per heavy atom. The summed E-state index contributed by atoms with van der Waals surface area (Å²) in [6.45, 7) is 18.9. The smallest absolute Gasteiger partial charge is 0.124 e. The van der Waals surface area contributed by atoms with Crippen molar-refractivity contribution >= 4 is 34.8 Å². The summed E-state index contributed by atoms with van der Waals surface area (Å²) in [5.74, 6) is 0. The highest BCUT2D eigenvalue weighted by Crippen LogP contribution is 2.54. The van der Waals surface area contributed by atoms with Gasteiger partial charge in [-0.3, -0.25) is 0 Å². The van der Waals surface area contributed by atoms with Crippen LogP contribution in [0.25, 0.3) is 11.1 Å². The van der Waals surface area contributed by atoms with Crippen molar-refractivity contribution in [3.8, 4) is 11.1 Å². The van der Waals surface area contributed by atoms with E-state index < -0.39 is 34.8 Å². The minimum Gasteiger partial charge on any atom is -0.744 e. The topological polar surface area (TPSA) is 114 Å². The summed E-state index contributed by atoms with van der Waals surface area (Å²) >= 11 is 0. The molecule has 0 aliphatic carbocycles. The normalized spacial score (nSPS) is 12.2. The molecular weight excluding hydrogens is 534 g/mol. The second kappa shape index (κ2) is 15.5. The molecule has 206 valence electrons. The molecule has 0 unspecified atom stereocenters. The Kier molecular flexibility index (Phi) is 15.1. The maximum atomic E-state index is 10.8. The maximum absolute atomic E-state index is 10.8. The van der Waals surface area contributed by atoms with Gasteiger partial charge in [0.25, 0.3) is 0 Å². The molecule has 0 saturated heterocycles. The second-order valence-electron chi connectivity index (χ2n) is 9.09. The predicted octanol–water partition coefficient (Wildman–Crippen LogP) is 6.55. The third-order valence-corrected chi connectivity index (χ3v) is 18.1. The van der Waals surface area contributed by atoms with Crippen molar-refractivity contribution in [2.45, 2.75) is 51.3 Å². The van der Waals surface area contributed by atoms with Crippen molar-refractivity contribution in [3.05, 3.63) is 48.5 Å². The minimum atomic E-state index is -4.50. The van der Waals surface area contributed by atoms with Gasteiger partial charge in [0, 0.05) is 27.9 Å². The molecule has 2 rings (SSSR count). The fourth-order valence-corrected chi connectivity index (χ4v) is 6.59. The maximum Gasteiger partial charge on any atom is 0.124 e. The molecule has 0 aromatic heterocycles. The third kappa shape index (κ3) is 12.1. The molecule has 0 fully saturated rings. The zero-order valence-corrected chi connectivity index (χ0v) is 26.4. The summed E-state index contributed by atoms with van der Waals surface area (Å²) in [4.78, 5) is -0.694. The van der Waals surface area contributed by atoms with E-state index in [0.717, 1.165) is 24.3 Å². The molecule has 0 saturated carbocycles. The SMILES string of the molecule is CC[P+](C)(CC)CC.CC[P+](C)(CC)CC.O=S(=O)([O-])c1ccc(-c2ccc(S(=O)(=O)[O-])cc2)cc1. The van der Waals surface area contributed by atoms with Crippen LogP contribution >= 0.6 is 14.5 Å². The van der Waals surface area contributed by atoms with Crippen LogP contribution in [0.1, 0.15) is 41.5 Å². The van der Waals surface area contributed by atoms with Gasteiger partial charge in [0.2, 0.25) is 0 Å². The molecule has 2 aromatic carbocycles. The molecule has 0 aliphatic heterocycles. The van der Waals surface area contributed by atoms with Crippen molar-refractivity contribution in [2.75, 3.05) is 50.3 Å². The first kappa shape index (κ1) is 35.1. The zero-order chi connectivity index (χ0) is 28.2. The fourth-order valence-electron chi connectivity index (χ4n) is 2.97. The van der Waals surface area contributed by atoms with Crippen LogP contribution in [-0.4, -0.2) is 76.2 Å². The van der Waals surface area contributed by atoms with Gasteiger partial charge in [0.1, 0.15) is 20.2 Å². The van der Waals surface area contributed by atoms with Gasteiger partial charge in [-0.15, -0.1) is 0 Å². The summed E-state index contributed by atoms with van der Waals surface area (Å²) in [5.41, 5.74) is 1.18. The molecule has 0 aliphatic rings. The Labute approximate surface area is 221 Å². The largest absolute Gasteiger partial charge is 0.744 e. The number of rotatable bonds is 9. The van der Waals surface area contributed by atoms with E-state index in [9.17, 15) is 25.9 Å². The fraction of sp³-hybridized carbons (Fsp3) is 0.538. The van der Waals surface area contributed by atoms with Gasteiger partial charge in [-0.25, -0.2) is 16.8 Å². The summed E-state index contributed by atoms with van der Waals surface area (Å²) in [5, 5.41) is 0. The third-order valence-electron chi connectivity index (χ3n) is 7.20. The molecular formula is C26H44O6P2S2. The van der Waals surface area contributed by atoms with E-state index in [4.69, 9.17) is 0 Å². The molecule has 0 atom stereocenters. The van der Waals surface area contributed by atoms with Crippen molar-refractivity contribution in [3.63, 3.8) is 0 Å². The molecule has 2 aromatic rings. The molecule has 0 amide bonds. The van der Waals surface area contributed by atoms with Gasteiger partial charge in [-0.1, -0.05) is 24.3 Å². The second-order valence-corrected chi connectivity index (χ2v) is 22.1. The lowest BCUT2D eigenvalue weighted by molar-refractivity contribution is 0.461. The van der Waals surface area contributed by atoms with Crippen molar-refractivity contribution in [1.29, 1.82) is 0 Å². The van der Waals surface area contributed by atoms with E-state index in [1.54, 1.807) is 0 Å². The number of hydrogen-bond donors (Lipinski definition) is 0. The van der Waals surface area contributed by atoms with Crippen LogP contribution in [0.5, 0.6) is 0 Å². The standard InChI is InChI=1S/C12H10O6S2.2C7H18P/c13-19(14,15)11-5-1-9(2-6-11)10-3-7-12(8-4-10)20(16,17)18;2*1-5-8(4,6-2)7-3/h1-8H,(H,13,14,15)(H,16,17,18);2*5-7H2,1-4H3/q;2*+1/p-2. The van der Waals surface area contributed by atoms with Gasteiger partial charge >= 0.3 is 0 Å². The summed E-state index contributed by atoms with van der Waals surface area (Å²) in [6.07, 6.45) is 8.58. The number of hydrogen-bond acceptors (Lipinski definition) is 6. The highest BCUT2D eigenvalue weighted by atomic mass is 32.2. The van der Waals surface area contributed by atoms with Crippen LogP contribution in [0.2, 0.25) is 0 Å². The van der Waals surface area contributed by atoms with Gasteiger partial charge in [-0.05, 0) is 76.9 Å². The lowest BCUT2D eigenvalue weighted by Gasteiger charge is -2.16. The molecule has 0 radical (unpaired) electrons. The van der Waals surface area contributed by atoms with Gasteiger partial charge in [0.05, 0.1) is 46.8 Å². The van der Waals surface area contributed by atoms with Crippen LogP contribution < -0.4 is 0 Å². The Morgan fingerprint density at radius 2 is 0.694 bits per heavy atom. The Bertz CT molecular complexity index is 998. The average molecular weight is 579 g/mol. The lowest BCUT2D eigenvalue weighted by atomic mass is 10.1. The van der Waals surface area contributed by atoms with Crippen LogP contribution in [0.15, 0.2) is 58.3 Å². The first-order valence-electron chi connectivity index (χ1n) is 12.3. The average Bonchev–Trinajstić information content (AvgIpc) is 2.87. The molecule has 0 heterocycles. The highest BCUT2D eigenvalue weighted by Gasteiger charge is 2.23. The molecule has 0 bridgehead atoms. The molecule has 6 nitrogen and oxygen atoms in total. The molecule has 0 spiro atoms. The predicted molar refractivity (Wildman–Crippen MR) is 157 cm³/mol. The van der Waals surface area contributed by atoms with Crippen molar-refractivity contribution in [2.24, 2.45) is 0 Å². The van der Waals surface area contributed by atoms with E-state index in [-0.39, 0.29) is 9.79 Å². The van der Waals surface area contributed by atoms with E-state index in [2.05, 4.69) is 54.9 Å². The molecule has 0 N–H and O–H groups in total. The minimum absolute atomic E-state index is 0.347.